The number of nitrogens with one attached hydrogen (secondary N) is 1. The van der Waals surface area contributed by atoms with Crippen molar-refractivity contribution >= 4 is 0 Å². The van der Waals surface area contributed by atoms with Gasteiger partial charge in [0.2, 0.25) is 0 Å². The van der Waals surface area contributed by atoms with E-state index in [0.29, 0.717) is 5.92 Å². The Hall–Kier alpha value is -1.57. The number of H-pyrrole nitrogens is 1. The molecule has 1 aromatic heterocycles. The predicted molar refractivity (Wildman–Crippen MR) is 62.0 cm³/mol. The van der Waals surface area contributed by atoms with Crippen molar-refractivity contribution in [3.63, 3.8) is 0 Å². The Bertz CT molecular complexity index is 444. The second-order valence-corrected chi connectivity index (χ2v) is 4.09. The van der Waals surface area contributed by atoms with Gasteiger partial charge in [0.25, 0.3) is 0 Å². The minimum Gasteiger partial charge on any atom is -0.348 e. The summed E-state index contributed by atoms with van der Waals surface area (Å²) in [5.74, 6) is 0.382. The van der Waals surface area contributed by atoms with E-state index in [9.17, 15) is 0 Å². The zero-order valence-corrected chi connectivity index (χ0v) is 9.41. The van der Waals surface area contributed by atoms with Gasteiger partial charge in [-0.05, 0) is 25.0 Å². The Morgan fingerprint density at radius 2 is 2.07 bits per heavy atom. The van der Waals surface area contributed by atoms with E-state index < -0.39 is 0 Å². The molecule has 0 aliphatic heterocycles. The van der Waals surface area contributed by atoms with Crippen LogP contribution in [0.1, 0.15) is 35.2 Å². The van der Waals surface area contributed by atoms with E-state index in [1.807, 2.05) is 6.20 Å². The molecule has 2 nitrogen and oxygen atoms in total. The summed E-state index contributed by atoms with van der Waals surface area (Å²) in [6, 6.07) is 6.58. The van der Waals surface area contributed by atoms with E-state index in [1.54, 1.807) is 6.33 Å². The fourth-order valence-corrected chi connectivity index (χ4v) is 1.90. The van der Waals surface area contributed by atoms with Crippen LogP contribution in [0.5, 0.6) is 0 Å². The number of aromatic amines is 1. The molecule has 0 spiro atoms. The first-order chi connectivity index (χ1) is 7.18. The average molecular weight is 200 g/mol. The second kappa shape index (κ2) is 3.89. The molecule has 1 aromatic carbocycles. The molecule has 2 rings (SSSR count). The molecule has 15 heavy (non-hydrogen) atoms. The van der Waals surface area contributed by atoms with E-state index in [0.717, 1.165) is 0 Å². The first kappa shape index (κ1) is 9.97. The molecule has 0 aliphatic carbocycles. The number of rotatable bonds is 2. The third-order valence-corrected chi connectivity index (χ3v) is 2.89. The fourth-order valence-electron chi connectivity index (χ4n) is 1.90. The van der Waals surface area contributed by atoms with Crippen molar-refractivity contribution in [2.24, 2.45) is 0 Å². The molecular formula is C13H16N2. The van der Waals surface area contributed by atoms with Crippen LogP contribution in [0.4, 0.5) is 0 Å². The third kappa shape index (κ3) is 1.94. The normalized spacial score (nSPS) is 12.7. The summed E-state index contributed by atoms with van der Waals surface area (Å²) in [7, 11) is 0. The highest BCUT2D eigenvalue weighted by Gasteiger charge is 2.11. The zero-order valence-electron chi connectivity index (χ0n) is 9.41. The van der Waals surface area contributed by atoms with Gasteiger partial charge >= 0.3 is 0 Å². The van der Waals surface area contributed by atoms with E-state index in [-0.39, 0.29) is 0 Å². The van der Waals surface area contributed by atoms with Crippen molar-refractivity contribution in [1.29, 1.82) is 0 Å². The topological polar surface area (TPSA) is 28.7 Å². The molecule has 1 N–H and O–H groups in total. The van der Waals surface area contributed by atoms with Crippen LogP contribution >= 0.6 is 0 Å². The van der Waals surface area contributed by atoms with Gasteiger partial charge in [-0.3, -0.25) is 0 Å². The summed E-state index contributed by atoms with van der Waals surface area (Å²) < 4.78 is 0. The van der Waals surface area contributed by atoms with Gasteiger partial charge in [0.15, 0.2) is 0 Å². The lowest BCUT2D eigenvalue weighted by molar-refractivity contribution is 0.871. The minimum atomic E-state index is 0.382. The van der Waals surface area contributed by atoms with Gasteiger partial charge in [-0.25, -0.2) is 4.98 Å². The van der Waals surface area contributed by atoms with Gasteiger partial charge in [-0.2, -0.15) is 0 Å². The zero-order chi connectivity index (χ0) is 10.8. The molecule has 0 fully saturated rings. The lowest BCUT2D eigenvalue weighted by Crippen LogP contribution is -1.99. The molecule has 0 aliphatic rings. The van der Waals surface area contributed by atoms with Gasteiger partial charge < -0.3 is 4.98 Å². The molecule has 0 saturated heterocycles. The van der Waals surface area contributed by atoms with Crippen molar-refractivity contribution in [2.45, 2.75) is 26.7 Å². The molecule has 2 heteroatoms. The molecule has 0 amide bonds. The largest absolute Gasteiger partial charge is 0.348 e. The fraction of sp³-hybridized carbons (Fsp3) is 0.308. The molecule has 1 heterocycles. The Morgan fingerprint density at radius 3 is 2.73 bits per heavy atom. The van der Waals surface area contributed by atoms with E-state index in [4.69, 9.17) is 0 Å². The summed E-state index contributed by atoms with van der Waals surface area (Å²) in [4.78, 5) is 7.24. The van der Waals surface area contributed by atoms with Gasteiger partial charge in [-0.1, -0.05) is 30.7 Å². The van der Waals surface area contributed by atoms with Gasteiger partial charge in [0, 0.05) is 17.8 Å². The molecule has 1 atom stereocenters. The molecule has 0 saturated carbocycles. The smallest absolute Gasteiger partial charge is 0.0921 e. The number of hydrogen-bond acceptors (Lipinski definition) is 1. The van der Waals surface area contributed by atoms with Crippen LogP contribution in [0.3, 0.4) is 0 Å². The highest BCUT2D eigenvalue weighted by atomic mass is 14.9. The number of imidazole rings is 1. The molecule has 0 radical (unpaired) electrons. The van der Waals surface area contributed by atoms with Gasteiger partial charge in [-0.15, -0.1) is 0 Å². The molecule has 2 aromatic rings. The van der Waals surface area contributed by atoms with E-state index in [2.05, 4.69) is 48.9 Å². The molecular weight excluding hydrogens is 184 g/mol. The van der Waals surface area contributed by atoms with Crippen molar-refractivity contribution in [3.8, 4) is 0 Å². The highest BCUT2D eigenvalue weighted by Crippen LogP contribution is 2.25. The number of nitrogens with zero attached hydrogens (tertiary/aromatic N) is 1. The van der Waals surface area contributed by atoms with E-state index >= 15 is 0 Å². The van der Waals surface area contributed by atoms with Crippen LogP contribution in [0.25, 0.3) is 0 Å². The van der Waals surface area contributed by atoms with Crippen LogP contribution in [0.15, 0.2) is 30.7 Å². The maximum absolute atomic E-state index is 4.07. The Morgan fingerprint density at radius 1 is 1.27 bits per heavy atom. The summed E-state index contributed by atoms with van der Waals surface area (Å²) in [6.07, 6.45) is 3.63. The first-order valence-corrected chi connectivity index (χ1v) is 5.24. The van der Waals surface area contributed by atoms with Crippen molar-refractivity contribution in [1.82, 2.24) is 9.97 Å². The van der Waals surface area contributed by atoms with Gasteiger partial charge in [0.05, 0.1) is 6.33 Å². The summed E-state index contributed by atoms with van der Waals surface area (Å²) in [5.41, 5.74) is 5.19. The minimum absolute atomic E-state index is 0.382. The lowest BCUT2D eigenvalue weighted by Gasteiger charge is -2.13. The van der Waals surface area contributed by atoms with Gasteiger partial charge in [0.1, 0.15) is 0 Å². The van der Waals surface area contributed by atoms with Crippen molar-refractivity contribution in [2.75, 3.05) is 0 Å². The van der Waals surface area contributed by atoms with Crippen molar-refractivity contribution in [3.05, 3.63) is 53.1 Å². The Balaban J connectivity index is 2.41. The lowest BCUT2D eigenvalue weighted by atomic mass is 9.93. The van der Waals surface area contributed by atoms with Crippen LogP contribution in [0, 0.1) is 13.8 Å². The number of hydrogen-bond donors (Lipinski definition) is 1. The standard InChI is InChI=1S/C13H16N2/c1-9-4-5-10(2)12(6-9)11(3)13-7-14-8-15-13/h4-8,11H,1-3H3,(H,14,15)/t11-/m0/s1. The van der Waals surface area contributed by atoms with Crippen LogP contribution < -0.4 is 0 Å². The number of aromatic nitrogens is 2. The Kier molecular flexibility index (Phi) is 2.58. The third-order valence-electron chi connectivity index (χ3n) is 2.89. The summed E-state index contributed by atoms with van der Waals surface area (Å²) in [5, 5.41) is 0. The maximum atomic E-state index is 4.07. The SMILES string of the molecule is Cc1ccc(C)c([C@H](C)c2cnc[nH]2)c1. The number of aryl methyl sites for hydroxylation is 2. The van der Waals surface area contributed by atoms with E-state index in [1.165, 1.54) is 22.4 Å². The monoisotopic (exact) mass is 200 g/mol. The van der Waals surface area contributed by atoms with Crippen molar-refractivity contribution < 1.29 is 0 Å². The number of benzene rings is 1. The molecule has 0 unspecified atom stereocenters. The Labute approximate surface area is 90.4 Å². The molecule has 0 bridgehead atoms. The first-order valence-electron chi connectivity index (χ1n) is 5.24. The quantitative estimate of drug-likeness (QED) is 0.792. The van der Waals surface area contributed by atoms with Crippen LogP contribution in [-0.2, 0) is 0 Å². The second-order valence-electron chi connectivity index (χ2n) is 4.09. The summed E-state index contributed by atoms with van der Waals surface area (Å²) in [6.45, 7) is 6.49. The summed E-state index contributed by atoms with van der Waals surface area (Å²) >= 11 is 0. The maximum Gasteiger partial charge on any atom is 0.0921 e. The molecule has 78 valence electrons. The predicted octanol–water partition coefficient (Wildman–Crippen LogP) is 3.18. The average Bonchev–Trinajstić information content (AvgIpc) is 2.74. The highest BCUT2D eigenvalue weighted by molar-refractivity contribution is 5.36. The van der Waals surface area contributed by atoms with Crippen LogP contribution in [0.2, 0.25) is 0 Å². The van der Waals surface area contributed by atoms with Crippen LogP contribution in [-0.4, -0.2) is 9.97 Å².